The van der Waals surface area contributed by atoms with Crippen LogP contribution in [-0.4, -0.2) is 39.5 Å². The summed E-state index contributed by atoms with van der Waals surface area (Å²) >= 11 is 0. The average molecular weight is 254 g/mol. The predicted molar refractivity (Wildman–Crippen MR) is 72.4 cm³/mol. The highest BCUT2D eigenvalue weighted by Crippen LogP contribution is 2.18. The van der Waals surface area contributed by atoms with Gasteiger partial charge in [0.05, 0.1) is 22.3 Å². The molecule has 0 bridgehead atoms. The van der Waals surface area contributed by atoms with E-state index in [0.29, 0.717) is 17.0 Å². The summed E-state index contributed by atoms with van der Waals surface area (Å²) in [5.41, 5.74) is 0.325. The van der Waals surface area contributed by atoms with Crippen LogP contribution < -0.4 is 20.1 Å². The molecule has 17 heavy (non-hydrogen) atoms. The minimum atomic E-state index is -1.57. The summed E-state index contributed by atoms with van der Waals surface area (Å²) in [6.07, 6.45) is 0. The van der Waals surface area contributed by atoms with Gasteiger partial charge in [-0.1, -0.05) is 19.6 Å². The summed E-state index contributed by atoms with van der Waals surface area (Å²) in [5, 5.41) is 19.7. The molecular formula is C11H19BO4Si. The molecule has 0 heterocycles. The molecule has 94 valence electrons. The molecule has 0 aliphatic rings. The summed E-state index contributed by atoms with van der Waals surface area (Å²) in [6, 6.07) is 3.48. The predicted octanol–water partition coefficient (Wildman–Crippen LogP) is -0.0712. The van der Waals surface area contributed by atoms with Crippen LogP contribution in [-0.2, 0) is 0 Å². The molecule has 4 nitrogen and oxygen atoms in total. The van der Waals surface area contributed by atoms with Crippen LogP contribution in [0.1, 0.15) is 0 Å². The molecule has 0 saturated heterocycles. The average Bonchev–Trinajstić information content (AvgIpc) is 2.25. The third-order valence-electron chi connectivity index (χ3n) is 2.64. The van der Waals surface area contributed by atoms with Crippen LogP contribution in [0.4, 0.5) is 0 Å². The molecule has 1 aromatic rings. The maximum Gasteiger partial charge on any atom is 0.492 e. The minimum absolute atomic E-state index is 0.325. The second-order valence-corrected chi connectivity index (χ2v) is 9.96. The van der Waals surface area contributed by atoms with E-state index in [9.17, 15) is 10.0 Å². The molecule has 6 heteroatoms. The lowest BCUT2D eigenvalue weighted by Crippen LogP contribution is -2.41. The Morgan fingerprint density at radius 3 is 1.88 bits per heavy atom. The van der Waals surface area contributed by atoms with Crippen molar-refractivity contribution in [1.29, 1.82) is 0 Å². The van der Waals surface area contributed by atoms with Gasteiger partial charge in [0, 0.05) is 5.46 Å². The van der Waals surface area contributed by atoms with Crippen LogP contribution in [0.3, 0.4) is 0 Å². The van der Waals surface area contributed by atoms with E-state index in [-0.39, 0.29) is 0 Å². The van der Waals surface area contributed by atoms with E-state index < -0.39 is 15.2 Å². The Balaban J connectivity index is 3.44. The van der Waals surface area contributed by atoms with Crippen LogP contribution in [0.5, 0.6) is 11.5 Å². The van der Waals surface area contributed by atoms with E-state index in [4.69, 9.17) is 9.47 Å². The lowest BCUT2D eigenvalue weighted by Gasteiger charge is -2.22. The zero-order valence-electron chi connectivity index (χ0n) is 10.9. The summed E-state index contributed by atoms with van der Waals surface area (Å²) in [6.45, 7) is 6.58. The van der Waals surface area contributed by atoms with Crippen molar-refractivity contribution in [3.63, 3.8) is 0 Å². The zero-order chi connectivity index (χ0) is 13.2. The third kappa shape index (κ3) is 3.02. The van der Waals surface area contributed by atoms with Crippen LogP contribution >= 0.6 is 0 Å². The highest BCUT2D eigenvalue weighted by atomic mass is 28.3. The van der Waals surface area contributed by atoms with Crippen molar-refractivity contribution in [3.8, 4) is 11.5 Å². The Kier molecular flexibility index (Phi) is 4.24. The molecule has 0 fully saturated rings. The summed E-state index contributed by atoms with van der Waals surface area (Å²) in [7, 11) is -0.0352. The van der Waals surface area contributed by atoms with E-state index in [1.807, 2.05) is 6.07 Å². The van der Waals surface area contributed by atoms with E-state index in [0.717, 1.165) is 5.19 Å². The van der Waals surface area contributed by atoms with Crippen molar-refractivity contribution in [2.45, 2.75) is 19.6 Å². The maximum atomic E-state index is 9.28. The molecule has 0 atom stereocenters. The second kappa shape index (κ2) is 5.12. The van der Waals surface area contributed by atoms with Gasteiger partial charge in [0.25, 0.3) is 0 Å². The lowest BCUT2D eigenvalue weighted by atomic mass is 9.79. The fourth-order valence-electron chi connectivity index (χ4n) is 1.71. The van der Waals surface area contributed by atoms with Crippen LogP contribution in [0.15, 0.2) is 12.1 Å². The summed E-state index contributed by atoms with van der Waals surface area (Å²) < 4.78 is 10.5. The summed E-state index contributed by atoms with van der Waals surface area (Å²) in [4.78, 5) is 0. The molecule has 0 aliphatic carbocycles. The van der Waals surface area contributed by atoms with Crippen LogP contribution in [0, 0.1) is 0 Å². The highest BCUT2D eigenvalue weighted by molar-refractivity contribution is 6.89. The Morgan fingerprint density at radius 2 is 1.53 bits per heavy atom. The fourth-order valence-corrected chi connectivity index (χ4v) is 3.19. The van der Waals surface area contributed by atoms with Gasteiger partial charge in [-0.2, -0.15) is 0 Å². The third-order valence-corrected chi connectivity index (χ3v) is 4.64. The maximum absolute atomic E-state index is 9.28. The number of benzene rings is 1. The number of methoxy groups -OCH3 is 2. The molecule has 0 unspecified atom stereocenters. The molecule has 2 N–H and O–H groups in total. The van der Waals surface area contributed by atoms with Crippen molar-refractivity contribution in [2.24, 2.45) is 0 Å². The van der Waals surface area contributed by atoms with E-state index in [1.165, 1.54) is 7.11 Å². The van der Waals surface area contributed by atoms with Gasteiger partial charge < -0.3 is 19.5 Å². The normalized spacial score (nSPS) is 11.2. The zero-order valence-corrected chi connectivity index (χ0v) is 11.9. The van der Waals surface area contributed by atoms with E-state index >= 15 is 0 Å². The molecule has 1 aromatic carbocycles. The van der Waals surface area contributed by atoms with Gasteiger partial charge in [0.15, 0.2) is 0 Å². The highest BCUT2D eigenvalue weighted by Gasteiger charge is 2.26. The summed E-state index contributed by atoms with van der Waals surface area (Å²) in [5.74, 6) is 1.17. The van der Waals surface area contributed by atoms with Gasteiger partial charge in [-0.15, -0.1) is 0 Å². The monoisotopic (exact) mass is 254 g/mol. The number of ether oxygens (including phenoxy) is 2. The number of rotatable bonds is 4. The Morgan fingerprint density at radius 1 is 1.00 bits per heavy atom. The van der Waals surface area contributed by atoms with Crippen molar-refractivity contribution >= 4 is 25.8 Å². The van der Waals surface area contributed by atoms with Crippen molar-refractivity contribution in [3.05, 3.63) is 12.1 Å². The van der Waals surface area contributed by atoms with Gasteiger partial charge in [0.2, 0.25) is 0 Å². The smallest absolute Gasteiger partial charge is 0.492 e. The number of hydrogen-bond acceptors (Lipinski definition) is 4. The van der Waals surface area contributed by atoms with E-state index in [1.54, 1.807) is 13.2 Å². The lowest BCUT2D eigenvalue weighted by molar-refractivity contribution is 0.397. The molecule has 0 aromatic heterocycles. The topological polar surface area (TPSA) is 58.9 Å². The second-order valence-electron chi connectivity index (χ2n) is 4.92. The van der Waals surface area contributed by atoms with Crippen molar-refractivity contribution in [2.75, 3.05) is 14.2 Å². The Labute approximate surface area is 103 Å². The molecule has 0 saturated carbocycles. The molecule has 0 amide bonds. The van der Waals surface area contributed by atoms with E-state index in [2.05, 4.69) is 19.6 Å². The molecule has 1 rings (SSSR count). The van der Waals surface area contributed by atoms with Crippen LogP contribution in [0.25, 0.3) is 0 Å². The number of hydrogen-bond donors (Lipinski definition) is 2. The van der Waals surface area contributed by atoms with Crippen LogP contribution in [0.2, 0.25) is 19.6 Å². The van der Waals surface area contributed by atoms with Crippen molar-refractivity contribution in [1.82, 2.24) is 0 Å². The van der Waals surface area contributed by atoms with Gasteiger partial charge in [-0.3, -0.25) is 0 Å². The first-order valence-corrected chi connectivity index (χ1v) is 8.93. The first kappa shape index (κ1) is 14.1. The quantitative estimate of drug-likeness (QED) is 0.738. The van der Waals surface area contributed by atoms with Crippen molar-refractivity contribution < 1.29 is 19.5 Å². The van der Waals surface area contributed by atoms with Gasteiger partial charge >= 0.3 is 7.12 Å². The fraction of sp³-hybridized carbons (Fsp3) is 0.455. The molecule has 0 aliphatic heterocycles. The SMILES string of the molecule is COc1cc([Si](C)(C)C)c(OC)cc1B(O)O. The largest absolute Gasteiger partial charge is 0.497 e. The standard InChI is InChI=1S/C11H19BO4Si/c1-15-9-7-11(17(3,4)5)10(16-2)6-8(9)12(13)14/h6-7,13-14H,1-5H3. The molecular weight excluding hydrogens is 235 g/mol. The van der Waals surface area contributed by atoms with Gasteiger partial charge in [-0.25, -0.2) is 0 Å². The Hall–Kier alpha value is -0.978. The minimum Gasteiger partial charge on any atom is -0.497 e. The Bertz CT molecular complexity index is 401. The van der Waals surface area contributed by atoms with Gasteiger partial charge in [0.1, 0.15) is 11.5 Å². The molecule has 0 spiro atoms. The molecule has 0 radical (unpaired) electrons. The van der Waals surface area contributed by atoms with Gasteiger partial charge in [-0.05, 0) is 17.3 Å². The first-order chi connectivity index (χ1) is 7.81. The first-order valence-electron chi connectivity index (χ1n) is 5.43.